The number of ether oxygens (including phenoxy) is 2. The lowest BCUT2D eigenvalue weighted by Crippen LogP contribution is -2.12. The van der Waals surface area contributed by atoms with Crippen molar-refractivity contribution in [3.63, 3.8) is 0 Å². The minimum absolute atomic E-state index is 0.323. The molecule has 1 N–H and O–H groups in total. The Bertz CT molecular complexity index is 345. The summed E-state index contributed by atoms with van der Waals surface area (Å²) in [6.07, 6.45) is 2.16. The zero-order valence-corrected chi connectivity index (χ0v) is 11.2. The Morgan fingerprint density at radius 1 is 1.22 bits per heavy atom. The highest BCUT2D eigenvalue weighted by Crippen LogP contribution is 2.22. The summed E-state index contributed by atoms with van der Waals surface area (Å²) in [5, 5.41) is 2.99. The molecule has 1 aromatic rings. The number of halogens is 1. The average molecular weight is 255 g/mol. The van der Waals surface area contributed by atoms with Crippen molar-refractivity contribution in [1.29, 1.82) is 0 Å². The van der Waals surface area contributed by atoms with Gasteiger partial charge < -0.3 is 14.8 Å². The van der Waals surface area contributed by atoms with E-state index in [4.69, 9.17) is 9.47 Å². The van der Waals surface area contributed by atoms with Gasteiger partial charge >= 0.3 is 0 Å². The van der Waals surface area contributed by atoms with Crippen molar-refractivity contribution in [2.75, 3.05) is 26.9 Å². The molecule has 0 spiro atoms. The van der Waals surface area contributed by atoms with Crippen LogP contribution < -0.4 is 10.1 Å². The van der Waals surface area contributed by atoms with Crippen molar-refractivity contribution in [2.24, 2.45) is 0 Å². The Morgan fingerprint density at radius 2 is 2.06 bits per heavy atom. The Kier molecular flexibility index (Phi) is 7.37. The zero-order chi connectivity index (χ0) is 13.2. The first-order valence-electron chi connectivity index (χ1n) is 6.42. The van der Waals surface area contributed by atoms with Gasteiger partial charge in [-0.1, -0.05) is 25.5 Å². The van der Waals surface area contributed by atoms with Crippen LogP contribution in [0.2, 0.25) is 0 Å². The molecule has 0 bridgehead atoms. The van der Waals surface area contributed by atoms with E-state index in [1.807, 2.05) is 13.1 Å². The molecule has 0 aliphatic heterocycles. The van der Waals surface area contributed by atoms with Crippen molar-refractivity contribution in [2.45, 2.75) is 26.3 Å². The summed E-state index contributed by atoms with van der Waals surface area (Å²) in [4.78, 5) is 0. The van der Waals surface area contributed by atoms with Gasteiger partial charge in [0.25, 0.3) is 0 Å². The van der Waals surface area contributed by atoms with E-state index in [1.165, 1.54) is 6.07 Å². The highest BCUT2D eigenvalue weighted by molar-refractivity contribution is 5.34. The molecular formula is C14H22FNO2. The predicted molar refractivity (Wildman–Crippen MR) is 70.4 cm³/mol. The average Bonchev–Trinajstić information content (AvgIpc) is 2.36. The monoisotopic (exact) mass is 255 g/mol. The van der Waals surface area contributed by atoms with Crippen molar-refractivity contribution in [3.05, 3.63) is 29.6 Å². The van der Waals surface area contributed by atoms with Crippen LogP contribution in [-0.4, -0.2) is 26.9 Å². The van der Waals surface area contributed by atoms with E-state index in [-0.39, 0.29) is 5.82 Å². The maximum Gasteiger partial charge on any atom is 0.165 e. The molecule has 0 aliphatic carbocycles. The summed E-state index contributed by atoms with van der Waals surface area (Å²) in [6, 6.07) is 4.95. The first kappa shape index (κ1) is 14.9. The third kappa shape index (κ3) is 5.02. The molecule has 0 unspecified atom stereocenters. The number of hydrogen-bond acceptors (Lipinski definition) is 3. The molecule has 0 aromatic heterocycles. The normalized spacial score (nSPS) is 10.6. The summed E-state index contributed by atoms with van der Waals surface area (Å²) in [5.41, 5.74) is 0.825. The highest BCUT2D eigenvalue weighted by atomic mass is 19.1. The van der Waals surface area contributed by atoms with E-state index < -0.39 is 0 Å². The molecule has 1 rings (SSSR count). The van der Waals surface area contributed by atoms with Crippen LogP contribution in [0.1, 0.15) is 25.3 Å². The molecule has 0 amide bonds. The molecule has 0 heterocycles. The Labute approximate surface area is 108 Å². The lowest BCUT2D eigenvalue weighted by Gasteiger charge is -2.12. The molecule has 4 heteroatoms. The van der Waals surface area contributed by atoms with Crippen molar-refractivity contribution in [3.8, 4) is 5.75 Å². The number of unbranched alkanes of at least 4 members (excludes halogenated alkanes) is 1. The van der Waals surface area contributed by atoms with E-state index in [9.17, 15) is 4.39 Å². The molecule has 102 valence electrons. The molecule has 0 fully saturated rings. The number of benzene rings is 1. The lowest BCUT2D eigenvalue weighted by atomic mass is 10.2. The standard InChI is InChI=1S/C14H22FNO2/c1-3-4-8-17-9-10-18-14-12(11-16-2)6-5-7-13(14)15/h5-7,16H,3-4,8-11H2,1-2H3. The Hall–Kier alpha value is -1.13. The topological polar surface area (TPSA) is 30.5 Å². The third-order valence-corrected chi connectivity index (χ3v) is 2.53. The molecule has 0 saturated carbocycles. The second-order valence-corrected chi connectivity index (χ2v) is 4.07. The number of para-hydroxylation sites is 1. The van der Waals surface area contributed by atoms with Crippen LogP contribution in [0.15, 0.2) is 18.2 Å². The van der Waals surface area contributed by atoms with Gasteiger partial charge in [0.1, 0.15) is 6.61 Å². The SMILES string of the molecule is CCCCOCCOc1c(F)cccc1CNC. The second-order valence-electron chi connectivity index (χ2n) is 4.07. The van der Waals surface area contributed by atoms with E-state index >= 15 is 0 Å². The van der Waals surface area contributed by atoms with Crippen LogP contribution in [0.4, 0.5) is 4.39 Å². The van der Waals surface area contributed by atoms with E-state index in [0.717, 1.165) is 25.0 Å². The predicted octanol–water partition coefficient (Wildman–Crippen LogP) is 2.74. The van der Waals surface area contributed by atoms with Crippen molar-refractivity contribution >= 4 is 0 Å². The Balaban J connectivity index is 2.40. The van der Waals surface area contributed by atoms with Crippen LogP contribution in [0.3, 0.4) is 0 Å². The van der Waals surface area contributed by atoms with E-state index in [1.54, 1.807) is 6.07 Å². The molecule has 18 heavy (non-hydrogen) atoms. The summed E-state index contributed by atoms with van der Waals surface area (Å²) < 4.78 is 24.4. The minimum atomic E-state index is -0.323. The third-order valence-electron chi connectivity index (χ3n) is 2.53. The van der Waals surface area contributed by atoms with Gasteiger partial charge in [-0.25, -0.2) is 4.39 Å². The van der Waals surface area contributed by atoms with Crippen molar-refractivity contribution in [1.82, 2.24) is 5.32 Å². The maximum atomic E-state index is 13.6. The number of nitrogens with one attached hydrogen (secondary N) is 1. The number of hydrogen-bond donors (Lipinski definition) is 1. The van der Waals surface area contributed by atoms with Gasteiger partial charge in [0.15, 0.2) is 11.6 Å². The molecule has 0 saturated heterocycles. The molecule has 0 atom stereocenters. The van der Waals surface area contributed by atoms with Crippen LogP contribution in [0, 0.1) is 5.82 Å². The van der Waals surface area contributed by atoms with Gasteiger partial charge in [-0.2, -0.15) is 0 Å². The van der Waals surface area contributed by atoms with Gasteiger partial charge in [0.05, 0.1) is 6.61 Å². The summed E-state index contributed by atoms with van der Waals surface area (Å²) in [6.45, 7) is 4.31. The lowest BCUT2D eigenvalue weighted by molar-refractivity contribution is 0.0963. The van der Waals surface area contributed by atoms with Gasteiger partial charge in [0.2, 0.25) is 0 Å². The quantitative estimate of drug-likeness (QED) is 0.688. The van der Waals surface area contributed by atoms with Gasteiger partial charge in [-0.05, 0) is 19.5 Å². The number of rotatable bonds is 9. The molecular weight excluding hydrogens is 233 g/mol. The first-order chi connectivity index (χ1) is 8.79. The van der Waals surface area contributed by atoms with Gasteiger partial charge in [-0.3, -0.25) is 0 Å². The maximum absolute atomic E-state index is 13.6. The van der Waals surface area contributed by atoms with Crippen LogP contribution in [0.5, 0.6) is 5.75 Å². The fourth-order valence-electron chi connectivity index (χ4n) is 1.60. The second kappa shape index (κ2) is 8.89. The van der Waals surface area contributed by atoms with Crippen LogP contribution >= 0.6 is 0 Å². The molecule has 0 radical (unpaired) electrons. The fraction of sp³-hybridized carbons (Fsp3) is 0.571. The van der Waals surface area contributed by atoms with Crippen LogP contribution in [0.25, 0.3) is 0 Å². The van der Waals surface area contributed by atoms with Crippen LogP contribution in [-0.2, 0) is 11.3 Å². The first-order valence-corrected chi connectivity index (χ1v) is 6.42. The summed E-state index contributed by atoms with van der Waals surface area (Å²) in [5.74, 6) is 0.00208. The molecule has 3 nitrogen and oxygen atoms in total. The fourth-order valence-corrected chi connectivity index (χ4v) is 1.60. The van der Waals surface area contributed by atoms with Crippen molar-refractivity contribution < 1.29 is 13.9 Å². The highest BCUT2D eigenvalue weighted by Gasteiger charge is 2.08. The Morgan fingerprint density at radius 3 is 2.78 bits per heavy atom. The van der Waals surface area contributed by atoms with Gasteiger partial charge in [0, 0.05) is 18.7 Å². The zero-order valence-electron chi connectivity index (χ0n) is 11.2. The summed E-state index contributed by atoms with van der Waals surface area (Å²) in [7, 11) is 1.82. The van der Waals surface area contributed by atoms with E-state index in [0.29, 0.717) is 25.5 Å². The van der Waals surface area contributed by atoms with E-state index in [2.05, 4.69) is 12.2 Å². The molecule has 1 aromatic carbocycles. The smallest absolute Gasteiger partial charge is 0.165 e. The van der Waals surface area contributed by atoms with Gasteiger partial charge in [-0.15, -0.1) is 0 Å². The minimum Gasteiger partial charge on any atom is -0.488 e. The summed E-state index contributed by atoms with van der Waals surface area (Å²) >= 11 is 0. The molecule has 0 aliphatic rings. The largest absolute Gasteiger partial charge is 0.488 e.